The van der Waals surface area contributed by atoms with Crippen molar-refractivity contribution in [1.82, 2.24) is 29.9 Å². The molecule has 7 aliphatic rings. The summed E-state index contributed by atoms with van der Waals surface area (Å²) in [4.78, 5) is 178. The molecule has 6 aliphatic carbocycles. The lowest BCUT2D eigenvalue weighted by Gasteiger charge is -2.18. The number of aromatic nitrogens is 6. The van der Waals surface area contributed by atoms with E-state index in [9.17, 15) is 57.5 Å². The molecule has 0 unspecified atom stereocenters. The van der Waals surface area contributed by atoms with Crippen LogP contribution >= 0.6 is 22.7 Å². The molecule has 0 saturated carbocycles. The first kappa shape index (κ1) is 98.7. The summed E-state index contributed by atoms with van der Waals surface area (Å²) >= 11 is 3.35. The van der Waals surface area contributed by atoms with Gasteiger partial charge < -0.3 is 13.8 Å². The number of imidazole rings is 1. The van der Waals surface area contributed by atoms with Crippen molar-refractivity contribution < 1.29 is 66.4 Å². The molecule has 0 spiro atoms. The van der Waals surface area contributed by atoms with Gasteiger partial charge in [-0.15, -0.1) is 22.7 Å². The number of nitrogens with zero attached hydrogens (tertiary/aromatic N) is 6. The van der Waals surface area contributed by atoms with E-state index in [1.807, 2.05) is 62.5 Å². The minimum absolute atomic E-state index is 0.00205. The van der Waals surface area contributed by atoms with Crippen LogP contribution in [0.1, 0.15) is 244 Å². The minimum Gasteiger partial charge on any atom is -0.441 e. The van der Waals surface area contributed by atoms with E-state index >= 15 is 0 Å². The molecule has 21 nitrogen and oxygen atoms in total. The van der Waals surface area contributed by atoms with Gasteiger partial charge in [-0.05, 0) is 288 Å². The number of benzene rings is 4. The molecule has 6 heterocycles. The Bertz CT molecular complexity index is 6580. The van der Waals surface area contributed by atoms with Crippen molar-refractivity contribution in [2.45, 2.75) is 255 Å². The van der Waals surface area contributed by atoms with Crippen molar-refractivity contribution in [3.05, 3.63) is 286 Å². The van der Waals surface area contributed by atoms with E-state index in [0.717, 1.165) is 99.8 Å². The lowest BCUT2D eigenvalue weighted by atomic mass is 9.84. The van der Waals surface area contributed by atoms with Gasteiger partial charge in [-0.2, -0.15) is 0 Å². The summed E-state index contributed by atoms with van der Waals surface area (Å²) in [5, 5.41) is 2.11. The summed E-state index contributed by atoms with van der Waals surface area (Å²) in [6, 6.07) is 26.2. The lowest BCUT2D eigenvalue weighted by Crippen LogP contribution is -2.21. The molecule has 678 valence electrons. The molecule has 23 heteroatoms. The Balaban J connectivity index is 0.000000152. The van der Waals surface area contributed by atoms with Crippen LogP contribution in [0.2, 0.25) is 0 Å². The molecule has 0 atom stereocenters. The van der Waals surface area contributed by atoms with Gasteiger partial charge in [-0.25, -0.2) is 24.9 Å². The zero-order valence-electron chi connectivity index (χ0n) is 79.3. The van der Waals surface area contributed by atoms with E-state index in [1.165, 1.54) is 32.0 Å². The molecule has 16 rings (SSSR count). The number of hydrogen-bond acceptors (Lipinski definition) is 22. The molecule has 4 aromatic carbocycles. The van der Waals surface area contributed by atoms with Crippen LogP contribution in [-0.4, -0.2) is 105 Å². The van der Waals surface area contributed by atoms with Crippen molar-refractivity contribution in [2.24, 2.45) is 4.99 Å². The van der Waals surface area contributed by atoms with E-state index in [1.54, 1.807) is 160 Å². The fourth-order valence-electron chi connectivity index (χ4n) is 16.6. The highest BCUT2D eigenvalue weighted by Gasteiger charge is 2.34. The maximum Gasteiger partial charge on any atom is 0.195 e. The maximum atomic E-state index is 12.4. The van der Waals surface area contributed by atoms with Crippen LogP contribution < -0.4 is 0 Å². The predicted molar refractivity (Wildman–Crippen MR) is 516 cm³/mol. The number of ketones is 12. The molecule has 0 radical (unpaired) electrons. The number of thiazole rings is 2. The summed E-state index contributed by atoms with van der Waals surface area (Å²) in [5.74, 6) is 2.11. The number of fused-ring (bicyclic) bond motifs is 4. The number of aliphatic imine (C=N–C) groups is 1. The summed E-state index contributed by atoms with van der Waals surface area (Å²) in [6.07, 6.45) is 16.3. The summed E-state index contributed by atoms with van der Waals surface area (Å²) < 4.78 is 12.6. The van der Waals surface area contributed by atoms with Gasteiger partial charge in [-0.3, -0.25) is 62.5 Å². The SMILES string of the molecule is CC1=C(C)C(=O)C(CCCC2=Nc3cc(C)ccc3C2)=C(C)C1=O.CC1=C(C)C(=O)C(CCCc2nc3cc(C)ccc3s2)=C(C)C1=O.CC1=C(C)C(=O)C(CCCc2nc3ccc(C)cc3o2)=C(C)C1=O.CC1=C(C)C(=O)C(CCc2nc3ccccc3o2)=C(C)C1=O.CC1=C(C)C(=O)C(CCc2ncc(C)s2)=C(C)C1=O.CC1=C(C)C(=O)C(CCc2ncc[nH]2)=C(C)C1=O. The Kier molecular flexibility index (Phi) is 32.3. The van der Waals surface area contributed by atoms with Crippen LogP contribution in [0.5, 0.6) is 0 Å². The molecule has 0 saturated heterocycles. The standard InChI is InChI=1S/C21H23NO2.C20H21NO3.C20H21NO2S.C18H17NO3.C15H17NO2S.C14H16N2O2/c1-12-8-9-16-11-17(22-19(16)10-12)6-5-7-18-15(4)20(23)13(2)14(3)21(18)24;1-11-8-9-16-17(10-11)24-18(21-16)7-5-6-15-14(4)19(22)12(2)13(3)20(15)23;1-11-8-9-17-16(10-11)21-18(24-17)7-5-6-15-14(4)19(22)12(2)13(3)20(15)23;1-10-11(2)18(21)13(12(3)17(10)20)8-9-16-19-14-6-4-5-7-15(14)22-16;1-8-7-16-13(19-8)6-5-12-11(4)14(17)9(2)10(3)15(12)18;1-8-9(2)14(18)11(10(3)13(8)17)4-5-12-15-6-7-16-12/h8-10H,5-7,11H2,1-4H3;2*8-10H,5-7H2,1-4H3;4-7H,8-9H2,1-3H3;7H,5-6H2,1-4H3;6-7H,4-5H2,1-3H3,(H,15,16). The monoisotopic (exact) mass is 1800 g/mol. The van der Waals surface area contributed by atoms with Gasteiger partial charge in [0, 0.05) is 195 Å². The van der Waals surface area contributed by atoms with E-state index in [4.69, 9.17) is 13.8 Å². The van der Waals surface area contributed by atoms with Gasteiger partial charge >= 0.3 is 0 Å². The summed E-state index contributed by atoms with van der Waals surface area (Å²) in [5.41, 5.74) is 25.6. The van der Waals surface area contributed by atoms with Crippen molar-refractivity contribution in [2.75, 3.05) is 0 Å². The number of para-hydroxylation sites is 2. The number of hydrogen-bond donors (Lipinski definition) is 1. The largest absolute Gasteiger partial charge is 0.441 e. The van der Waals surface area contributed by atoms with E-state index in [-0.39, 0.29) is 69.4 Å². The summed E-state index contributed by atoms with van der Waals surface area (Å²) in [6.45, 7) is 39.4. The quantitative estimate of drug-likeness (QED) is 0.0653. The van der Waals surface area contributed by atoms with Gasteiger partial charge in [0.1, 0.15) is 16.9 Å². The maximum absolute atomic E-state index is 12.4. The number of oxazole rings is 2. The Morgan fingerprint density at radius 1 is 0.313 bits per heavy atom. The Morgan fingerprint density at radius 3 is 1.16 bits per heavy atom. The lowest BCUT2D eigenvalue weighted by molar-refractivity contribution is -0.116. The first-order valence-electron chi connectivity index (χ1n) is 44.5. The third kappa shape index (κ3) is 22.6. The molecule has 5 aromatic heterocycles. The smallest absolute Gasteiger partial charge is 0.195 e. The second-order valence-electron chi connectivity index (χ2n) is 34.8. The topological polar surface area (TPSA) is 324 Å². The third-order valence-corrected chi connectivity index (χ3v) is 27.9. The van der Waals surface area contributed by atoms with Gasteiger partial charge in [0.05, 0.1) is 25.9 Å². The number of aryl methyl sites for hydroxylation is 9. The van der Waals surface area contributed by atoms with E-state index < -0.39 is 0 Å². The molecule has 1 N–H and O–H groups in total. The van der Waals surface area contributed by atoms with E-state index in [0.29, 0.717) is 203 Å². The zero-order chi connectivity index (χ0) is 95.6. The van der Waals surface area contributed by atoms with Crippen LogP contribution in [0, 0.1) is 27.7 Å². The molecule has 131 heavy (non-hydrogen) atoms. The first-order chi connectivity index (χ1) is 62.1. The molecule has 0 amide bonds. The number of Topliss-reactive ketones (excluding diaryl/α,β-unsaturated/α-hetero) is 12. The molecular formula is C108H115N7O14S2. The predicted octanol–water partition coefficient (Wildman–Crippen LogP) is 22.5. The number of carbonyl (C=O) groups excluding carboxylic acids is 12. The van der Waals surface area contributed by atoms with Gasteiger partial charge in [0.15, 0.2) is 92.3 Å². The molecule has 1 aliphatic heterocycles. The van der Waals surface area contributed by atoms with Crippen LogP contribution in [0.15, 0.2) is 245 Å². The molecular weight excluding hydrogens is 1680 g/mol. The number of carbonyl (C=O) groups is 12. The Labute approximate surface area is 773 Å². The van der Waals surface area contributed by atoms with Crippen molar-refractivity contribution in [1.29, 1.82) is 0 Å². The second-order valence-corrected chi connectivity index (χ2v) is 37.2. The Hall–Kier alpha value is -12.9. The minimum atomic E-state index is -0.0373. The number of rotatable bonds is 21. The normalized spacial score (nSPS) is 16.5. The van der Waals surface area contributed by atoms with Crippen LogP contribution in [0.4, 0.5) is 5.69 Å². The zero-order valence-corrected chi connectivity index (χ0v) is 80.9. The molecule has 0 fully saturated rings. The molecule has 9 aromatic rings. The van der Waals surface area contributed by atoms with Gasteiger partial charge in [0.25, 0.3) is 0 Å². The first-order valence-corrected chi connectivity index (χ1v) is 46.1. The highest BCUT2D eigenvalue weighted by molar-refractivity contribution is 7.18. The van der Waals surface area contributed by atoms with Crippen molar-refractivity contribution in [3.63, 3.8) is 0 Å². The number of H-pyrrole nitrogens is 1. The average Bonchev–Trinajstić information content (AvgIpc) is 1.61. The number of aromatic amines is 1. The molecule has 0 bridgehead atoms. The highest BCUT2D eigenvalue weighted by Crippen LogP contribution is 2.37. The fraction of sp³-hybridized carbons (Fsp3) is 0.352. The van der Waals surface area contributed by atoms with Crippen molar-refractivity contribution in [3.8, 4) is 0 Å². The Morgan fingerprint density at radius 2 is 0.702 bits per heavy atom. The number of nitrogens with one attached hydrogen (secondary N) is 1. The fourth-order valence-corrected chi connectivity index (χ4v) is 18.4. The van der Waals surface area contributed by atoms with Crippen molar-refractivity contribution >= 4 is 136 Å². The van der Waals surface area contributed by atoms with Gasteiger partial charge in [0.2, 0.25) is 0 Å². The summed E-state index contributed by atoms with van der Waals surface area (Å²) in [7, 11) is 0. The van der Waals surface area contributed by atoms with E-state index in [2.05, 4.69) is 80.1 Å². The van der Waals surface area contributed by atoms with Gasteiger partial charge in [-0.1, -0.05) is 36.4 Å². The van der Waals surface area contributed by atoms with Crippen LogP contribution in [-0.2, 0) is 96.1 Å². The second kappa shape index (κ2) is 42.8. The third-order valence-electron chi connectivity index (χ3n) is 25.8. The van der Waals surface area contributed by atoms with Crippen LogP contribution in [0.3, 0.4) is 0 Å². The van der Waals surface area contributed by atoms with Crippen LogP contribution in [0.25, 0.3) is 32.4 Å². The highest BCUT2D eigenvalue weighted by atomic mass is 32.1. The number of allylic oxidation sites excluding steroid dienone is 24. The average molecular weight is 1800 g/mol.